The maximum Gasteiger partial charge on any atom is 0.161 e. The van der Waals surface area contributed by atoms with Crippen molar-refractivity contribution in [2.45, 2.75) is 44.9 Å². The molecule has 0 bridgehead atoms. The molecule has 1 saturated carbocycles. The van der Waals surface area contributed by atoms with Crippen molar-refractivity contribution in [3.8, 4) is 11.5 Å². The molecule has 0 radical (unpaired) electrons. The van der Waals surface area contributed by atoms with Gasteiger partial charge in [0.2, 0.25) is 0 Å². The van der Waals surface area contributed by atoms with Crippen molar-refractivity contribution in [3.05, 3.63) is 24.3 Å². The first kappa shape index (κ1) is 13.3. The Hall–Kier alpha value is -1.18. The molecule has 0 unspecified atom stereocenters. The molecule has 0 N–H and O–H groups in total. The van der Waals surface area contributed by atoms with Crippen molar-refractivity contribution in [3.63, 3.8) is 0 Å². The molecule has 2 rings (SSSR count). The summed E-state index contributed by atoms with van der Waals surface area (Å²) in [5, 5.41) is 0. The molecular weight excluding hydrogens is 224 g/mol. The third-order valence-corrected chi connectivity index (χ3v) is 3.81. The molecule has 0 atom stereocenters. The quantitative estimate of drug-likeness (QED) is 0.693. The Morgan fingerprint density at radius 3 is 2.50 bits per heavy atom. The predicted octanol–water partition coefficient (Wildman–Crippen LogP) is 4.43. The van der Waals surface area contributed by atoms with Crippen LogP contribution in [0.2, 0.25) is 0 Å². The fourth-order valence-electron chi connectivity index (χ4n) is 2.77. The summed E-state index contributed by atoms with van der Waals surface area (Å²) < 4.78 is 11.1. The Labute approximate surface area is 110 Å². The van der Waals surface area contributed by atoms with E-state index in [4.69, 9.17) is 9.47 Å². The molecule has 1 aliphatic carbocycles. The van der Waals surface area contributed by atoms with E-state index in [-0.39, 0.29) is 0 Å². The minimum absolute atomic E-state index is 0.802. The molecule has 2 nitrogen and oxygen atoms in total. The lowest BCUT2D eigenvalue weighted by molar-refractivity contribution is 0.259. The second-order valence-corrected chi connectivity index (χ2v) is 5.15. The van der Waals surface area contributed by atoms with Crippen LogP contribution in [0.15, 0.2) is 24.3 Å². The van der Waals surface area contributed by atoms with E-state index in [0.29, 0.717) is 0 Å². The molecule has 1 aromatic rings. The van der Waals surface area contributed by atoms with E-state index >= 15 is 0 Å². The highest BCUT2D eigenvalue weighted by atomic mass is 16.5. The van der Waals surface area contributed by atoms with E-state index in [1.165, 1.54) is 38.5 Å². The number of hydrogen-bond donors (Lipinski definition) is 0. The smallest absolute Gasteiger partial charge is 0.161 e. The second kappa shape index (κ2) is 7.30. The normalized spacial score (nSPS) is 16.5. The summed E-state index contributed by atoms with van der Waals surface area (Å²) in [6, 6.07) is 7.86. The van der Waals surface area contributed by atoms with Crippen molar-refractivity contribution in [2.24, 2.45) is 5.92 Å². The van der Waals surface area contributed by atoms with Crippen LogP contribution in [0.5, 0.6) is 11.5 Å². The fraction of sp³-hybridized carbons (Fsp3) is 0.625. The van der Waals surface area contributed by atoms with Gasteiger partial charge in [-0.05, 0) is 30.9 Å². The van der Waals surface area contributed by atoms with Gasteiger partial charge in [-0.2, -0.15) is 0 Å². The van der Waals surface area contributed by atoms with Crippen LogP contribution in [0, 0.1) is 5.92 Å². The van der Waals surface area contributed by atoms with Crippen LogP contribution in [0.1, 0.15) is 44.9 Å². The largest absolute Gasteiger partial charge is 0.493 e. The Morgan fingerprint density at radius 1 is 1.06 bits per heavy atom. The van der Waals surface area contributed by atoms with Gasteiger partial charge in [0.05, 0.1) is 13.7 Å². The minimum atomic E-state index is 0.802. The third-order valence-electron chi connectivity index (χ3n) is 3.81. The lowest BCUT2D eigenvalue weighted by atomic mass is 9.86. The van der Waals surface area contributed by atoms with Gasteiger partial charge < -0.3 is 9.47 Å². The van der Waals surface area contributed by atoms with Crippen LogP contribution in [0.25, 0.3) is 0 Å². The van der Waals surface area contributed by atoms with Crippen molar-refractivity contribution in [1.82, 2.24) is 0 Å². The van der Waals surface area contributed by atoms with E-state index in [1.807, 2.05) is 24.3 Å². The monoisotopic (exact) mass is 248 g/mol. The number of ether oxygens (including phenoxy) is 2. The number of benzene rings is 1. The lowest BCUT2D eigenvalue weighted by Gasteiger charge is -2.21. The van der Waals surface area contributed by atoms with Crippen LogP contribution >= 0.6 is 0 Å². The lowest BCUT2D eigenvalue weighted by Crippen LogP contribution is -2.08. The number of hydrogen-bond acceptors (Lipinski definition) is 2. The molecule has 0 aliphatic heterocycles. The van der Waals surface area contributed by atoms with E-state index in [9.17, 15) is 0 Å². The van der Waals surface area contributed by atoms with Gasteiger partial charge in [0.1, 0.15) is 0 Å². The molecule has 0 spiro atoms. The maximum atomic E-state index is 5.79. The number of rotatable bonds is 6. The number of para-hydroxylation sites is 2. The van der Waals surface area contributed by atoms with E-state index in [0.717, 1.165) is 30.4 Å². The zero-order valence-corrected chi connectivity index (χ0v) is 11.4. The molecular formula is C16H24O2. The molecule has 1 aromatic carbocycles. The summed E-state index contributed by atoms with van der Waals surface area (Å²) in [7, 11) is 1.68. The SMILES string of the molecule is COc1ccccc1OCCCC1CCCCC1. The summed E-state index contributed by atoms with van der Waals surface area (Å²) in [4.78, 5) is 0. The van der Waals surface area contributed by atoms with Gasteiger partial charge >= 0.3 is 0 Å². The highest BCUT2D eigenvalue weighted by Gasteiger charge is 2.12. The van der Waals surface area contributed by atoms with Gasteiger partial charge in [-0.25, -0.2) is 0 Å². The Morgan fingerprint density at radius 2 is 1.78 bits per heavy atom. The molecule has 0 saturated heterocycles. The van der Waals surface area contributed by atoms with Crippen LogP contribution in [-0.4, -0.2) is 13.7 Å². The molecule has 1 fully saturated rings. The first-order valence-electron chi connectivity index (χ1n) is 7.16. The Bertz CT molecular complexity index is 343. The highest BCUT2D eigenvalue weighted by Crippen LogP contribution is 2.28. The van der Waals surface area contributed by atoms with Gasteiger partial charge in [0, 0.05) is 0 Å². The highest BCUT2D eigenvalue weighted by molar-refractivity contribution is 5.39. The van der Waals surface area contributed by atoms with Crippen molar-refractivity contribution >= 4 is 0 Å². The minimum Gasteiger partial charge on any atom is -0.493 e. The first-order chi connectivity index (χ1) is 8.90. The summed E-state index contributed by atoms with van der Waals surface area (Å²) in [5.74, 6) is 2.64. The second-order valence-electron chi connectivity index (χ2n) is 5.15. The first-order valence-corrected chi connectivity index (χ1v) is 7.16. The van der Waals surface area contributed by atoms with Crippen molar-refractivity contribution in [1.29, 1.82) is 0 Å². The van der Waals surface area contributed by atoms with Gasteiger partial charge in [0.15, 0.2) is 11.5 Å². The van der Waals surface area contributed by atoms with Crippen LogP contribution in [0.4, 0.5) is 0 Å². The van der Waals surface area contributed by atoms with E-state index < -0.39 is 0 Å². The average Bonchev–Trinajstić information content (AvgIpc) is 2.45. The van der Waals surface area contributed by atoms with Gasteiger partial charge in [-0.15, -0.1) is 0 Å². The Balaban J connectivity index is 1.68. The van der Waals surface area contributed by atoms with Crippen LogP contribution in [-0.2, 0) is 0 Å². The standard InChI is InChI=1S/C16H24O2/c1-17-15-11-5-6-12-16(15)18-13-7-10-14-8-3-2-4-9-14/h5-6,11-12,14H,2-4,7-10,13H2,1H3. The van der Waals surface area contributed by atoms with Gasteiger partial charge in [-0.3, -0.25) is 0 Å². The van der Waals surface area contributed by atoms with Crippen molar-refractivity contribution in [2.75, 3.05) is 13.7 Å². The fourth-order valence-corrected chi connectivity index (χ4v) is 2.77. The summed E-state index contributed by atoms with van der Waals surface area (Å²) in [6.07, 6.45) is 9.62. The molecule has 2 heteroatoms. The molecule has 18 heavy (non-hydrogen) atoms. The predicted molar refractivity (Wildman–Crippen MR) is 74.3 cm³/mol. The van der Waals surface area contributed by atoms with E-state index in [2.05, 4.69) is 0 Å². The maximum absolute atomic E-state index is 5.79. The Kier molecular flexibility index (Phi) is 5.37. The zero-order chi connectivity index (χ0) is 12.6. The average molecular weight is 248 g/mol. The molecule has 0 heterocycles. The summed E-state index contributed by atoms with van der Waals surface area (Å²) in [5.41, 5.74) is 0. The summed E-state index contributed by atoms with van der Waals surface area (Å²) >= 11 is 0. The van der Waals surface area contributed by atoms with Gasteiger partial charge in [0.25, 0.3) is 0 Å². The third kappa shape index (κ3) is 3.94. The molecule has 0 aromatic heterocycles. The van der Waals surface area contributed by atoms with Gasteiger partial charge in [-0.1, -0.05) is 44.2 Å². The zero-order valence-electron chi connectivity index (χ0n) is 11.4. The topological polar surface area (TPSA) is 18.5 Å². The molecule has 0 amide bonds. The number of methoxy groups -OCH3 is 1. The molecule has 1 aliphatic rings. The van der Waals surface area contributed by atoms with E-state index in [1.54, 1.807) is 7.11 Å². The van der Waals surface area contributed by atoms with Crippen LogP contribution < -0.4 is 9.47 Å². The molecule has 100 valence electrons. The van der Waals surface area contributed by atoms with Crippen molar-refractivity contribution < 1.29 is 9.47 Å². The summed E-state index contributed by atoms with van der Waals surface area (Å²) in [6.45, 7) is 0.802. The van der Waals surface area contributed by atoms with Crippen LogP contribution in [0.3, 0.4) is 0 Å².